The molecule has 1 atom stereocenters. The first kappa shape index (κ1) is 20.5. The van der Waals surface area contributed by atoms with E-state index < -0.39 is 0 Å². The van der Waals surface area contributed by atoms with Gasteiger partial charge in [-0.25, -0.2) is 0 Å². The lowest BCUT2D eigenvalue weighted by atomic mass is 10.0. The molecule has 0 saturated heterocycles. The van der Waals surface area contributed by atoms with Gasteiger partial charge in [-0.1, -0.05) is 97.5 Å². The largest absolute Gasteiger partial charge is 0.499 e. The molecular weight excluding hydrogens is 256 g/mol. The quantitative estimate of drug-likeness (QED) is 0.200. The summed E-state index contributed by atoms with van der Waals surface area (Å²) in [6, 6.07) is 0. The van der Waals surface area contributed by atoms with Gasteiger partial charge in [-0.15, -0.1) is 0 Å². The van der Waals surface area contributed by atoms with Crippen LogP contribution < -0.4 is 0 Å². The first-order valence-corrected chi connectivity index (χ1v) is 9.61. The van der Waals surface area contributed by atoms with Gasteiger partial charge < -0.3 is 4.74 Å². The topological polar surface area (TPSA) is 9.23 Å². The Balaban J connectivity index is 3.27. The van der Waals surface area contributed by atoms with Crippen LogP contribution in [-0.2, 0) is 4.74 Å². The SMILES string of the molecule is C=COC(CCCC)CCCCCCCCCCCCC. The molecule has 0 fully saturated rings. The molecule has 1 unspecified atom stereocenters. The molecule has 0 heterocycles. The highest BCUT2D eigenvalue weighted by molar-refractivity contribution is 4.63. The van der Waals surface area contributed by atoms with Gasteiger partial charge in [0.15, 0.2) is 0 Å². The Labute approximate surface area is 134 Å². The molecule has 0 aliphatic rings. The number of unbranched alkanes of at least 4 members (excludes halogenated alkanes) is 11. The second kappa shape index (κ2) is 17.6. The van der Waals surface area contributed by atoms with Crippen molar-refractivity contribution in [2.24, 2.45) is 0 Å². The van der Waals surface area contributed by atoms with E-state index in [1.165, 1.54) is 96.3 Å². The van der Waals surface area contributed by atoms with E-state index in [-0.39, 0.29) is 0 Å². The third-order valence-electron chi connectivity index (χ3n) is 4.30. The van der Waals surface area contributed by atoms with Crippen LogP contribution in [0.25, 0.3) is 0 Å². The van der Waals surface area contributed by atoms with E-state index in [0.717, 1.165) is 0 Å². The van der Waals surface area contributed by atoms with Crippen LogP contribution in [0.4, 0.5) is 0 Å². The zero-order valence-corrected chi connectivity index (χ0v) is 14.9. The molecule has 0 radical (unpaired) electrons. The van der Waals surface area contributed by atoms with Gasteiger partial charge in [-0.2, -0.15) is 0 Å². The van der Waals surface area contributed by atoms with Crippen LogP contribution in [0.5, 0.6) is 0 Å². The van der Waals surface area contributed by atoms with Gasteiger partial charge >= 0.3 is 0 Å². The van der Waals surface area contributed by atoms with Gasteiger partial charge in [0.1, 0.15) is 0 Å². The van der Waals surface area contributed by atoms with Gasteiger partial charge in [0.2, 0.25) is 0 Å². The predicted molar refractivity (Wildman–Crippen MR) is 95.7 cm³/mol. The summed E-state index contributed by atoms with van der Waals surface area (Å²) in [6.07, 6.45) is 22.5. The first-order valence-electron chi connectivity index (χ1n) is 9.61. The van der Waals surface area contributed by atoms with Crippen molar-refractivity contribution in [2.75, 3.05) is 0 Å². The Morgan fingerprint density at radius 2 is 1.10 bits per heavy atom. The van der Waals surface area contributed by atoms with E-state index in [4.69, 9.17) is 4.74 Å². The number of ether oxygens (including phenoxy) is 1. The van der Waals surface area contributed by atoms with Crippen molar-refractivity contribution in [3.8, 4) is 0 Å². The lowest BCUT2D eigenvalue weighted by Crippen LogP contribution is -2.09. The van der Waals surface area contributed by atoms with Crippen LogP contribution in [0.3, 0.4) is 0 Å². The predicted octanol–water partition coefficient (Wildman–Crippen LogP) is 7.41. The summed E-state index contributed by atoms with van der Waals surface area (Å²) in [7, 11) is 0. The van der Waals surface area contributed by atoms with Gasteiger partial charge in [0.25, 0.3) is 0 Å². The van der Waals surface area contributed by atoms with Crippen molar-refractivity contribution >= 4 is 0 Å². The summed E-state index contributed by atoms with van der Waals surface area (Å²) in [4.78, 5) is 0. The Morgan fingerprint density at radius 3 is 1.57 bits per heavy atom. The van der Waals surface area contributed by atoms with Crippen LogP contribution in [0, 0.1) is 0 Å². The zero-order valence-electron chi connectivity index (χ0n) is 14.9. The standard InChI is InChI=1S/C20H40O/c1-4-7-9-10-11-12-13-14-15-16-17-19-20(21-6-3)18-8-5-2/h6,20H,3-5,7-19H2,1-2H3. The maximum absolute atomic E-state index is 5.60. The molecular formula is C20H40O. The highest BCUT2D eigenvalue weighted by atomic mass is 16.5. The van der Waals surface area contributed by atoms with Crippen LogP contribution in [0.15, 0.2) is 12.8 Å². The van der Waals surface area contributed by atoms with Crippen molar-refractivity contribution in [1.29, 1.82) is 0 Å². The maximum Gasteiger partial charge on any atom is 0.0978 e. The Bertz CT molecular complexity index is 200. The monoisotopic (exact) mass is 296 g/mol. The number of hydrogen-bond acceptors (Lipinski definition) is 1. The number of rotatable bonds is 17. The summed E-state index contributed by atoms with van der Waals surface area (Å²) >= 11 is 0. The molecule has 0 bridgehead atoms. The van der Waals surface area contributed by atoms with Crippen molar-refractivity contribution in [3.05, 3.63) is 12.8 Å². The van der Waals surface area contributed by atoms with E-state index in [9.17, 15) is 0 Å². The maximum atomic E-state index is 5.60. The van der Waals surface area contributed by atoms with Gasteiger partial charge in [0, 0.05) is 0 Å². The molecule has 126 valence electrons. The molecule has 21 heavy (non-hydrogen) atoms. The third kappa shape index (κ3) is 15.7. The lowest BCUT2D eigenvalue weighted by molar-refractivity contribution is 0.122. The second-order valence-corrected chi connectivity index (χ2v) is 6.39. The Morgan fingerprint density at radius 1 is 0.667 bits per heavy atom. The van der Waals surface area contributed by atoms with Gasteiger partial charge in [-0.05, 0) is 19.3 Å². The minimum absolute atomic E-state index is 0.418. The summed E-state index contributed by atoms with van der Waals surface area (Å²) in [6.45, 7) is 8.22. The molecule has 0 N–H and O–H groups in total. The highest BCUT2D eigenvalue weighted by Gasteiger charge is 2.06. The third-order valence-corrected chi connectivity index (χ3v) is 4.30. The molecule has 0 aliphatic carbocycles. The fourth-order valence-electron chi connectivity index (χ4n) is 2.88. The molecule has 0 rings (SSSR count). The van der Waals surface area contributed by atoms with Crippen LogP contribution in [-0.4, -0.2) is 6.10 Å². The van der Waals surface area contributed by atoms with E-state index in [1.807, 2.05) is 0 Å². The van der Waals surface area contributed by atoms with Gasteiger partial charge in [-0.3, -0.25) is 0 Å². The summed E-state index contributed by atoms with van der Waals surface area (Å²) in [5.74, 6) is 0. The zero-order chi connectivity index (χ0) is 15.6. The molecule has 0 aliphatic heterocycles. The van der Waals surface area contributed by atoms with E-state index in [1.54, 1.807) is 6.26 Å². The molecule has 1 nitrogen and oxygen atoms in total. The van der Waals surface area contributed by atoms with Crippen LogP contribution in [0.2, 0.25) is 0 Å². The van der Waals surface area contributed by atoms with E-state index in [0.29, 0.717) is 6.10 Å². The van der Waals surface area contributed by atoms with E-state index in [2.05, 4.69) is 20.4 Å². The number of hydrogen-bond donors (Lipinski definition) is 0. The molecule has 0 aromatic rings. The second-order valence-electron chi connectivity index (χ2n) is 6.39. The normalized spacial score (nSPS) is 12.3. The molecule has 0 amide bonds. The first-order chi connectivity index (χ1) is 10.3. The van der Waals surface area contributed by atoms with Gasteiger partial charge in [0.05, 0.1) is 12.4 Å². The Kier molecular flexibility index (Phi) is 17.2. The van der Waals surface area contributed by atoms with E-state index >= 15 is 0 Å². The smallest absolute Gasteiger partial charge is 0.0978 e. The van der Waals surface area contributed by atoms with Crippen LogP contribution in [0.1, 0.15) is 110 Å². The fourth-order valence-corrected chi connectivity index (χ4v) is 2.88. The van der Waals surface area contributed by atoms with Crippen LogP contribution >= 0.6 is 0 Å². The van der Waals surface area contributed by atoms with Crippen molar-refractivity contribution in [2.45, 2.75) is 116 Å². The molecule has 0 aromatic carbocycles. The Hall–Kier alpha value is -0.460. The van der Waals surface area contributed by atoms with Crippen molar-refractivity contribution in [1.82, 2.24) is 0 Å². The van der Waals surface area contributed by atoms with Crippen molar-refractivity contribution in [3.63, 3.8) is 0 Å². The highest BCUT2D eigenvalue weighted by Crippen LogP contribution is 2.16. The summed E-state index contributed by atoms with van der Waals surface area (Å²) in [5, 5.41) is 0. The minimum atomic E-state index is 0.418. The molecule has 1 heteroatoms. The summed E-state index contributed by atoms with van der Waals surface area (Å²) < 4.78 is 5.60. The molecule has 0 saturated carbocycles. The fraction of sp³-hybridized carbons (Fsp3) is 0.900. The lowest BCUT2D eigenvalue weighted by Gasteiger charge is -2.15. The van der Waals surface area contributed by atoms with Crippen molar-refractivity contribution < 1.29 is 4.74 Å². The average Bonchev–Trinajstić information content (AvgIpc) is 2.50. The molecule has 0 aromatic heterocycles. The average molecular weight is 297 g/mol. The minimum Gasteiger partial charge on any atom is -0.499 e. The molecule has 0 spiro atoms. The summed E-state index contributed by atoms with van der Waals surface area (Å²) in [5.41, 5.74) is 0.